The fourth-order valence-electron chi connectivity index (χ4n) is 3.40. The Hall–Kier alpha value is -4.20. The van der Waals surface area contributed by atoms with E-state index in [1.54, 1.807) is 42.6 Å². The van der Waals surface area contributed by atoms with E-state index in [2.05, 4.69) is 10.3 Å². The lowest BCUT2D eigenvalue weighted by Gasteiger charge is -2.14. The Balaban J connectivity index is 1.49. The molecular weight excluding hydrogens is 410 g/mol. The minimum atomic E-state index is -0.469. The van der Waals surface area contributed by atoms with Crippen LogP contribution >= 0.6 is 0 Å². The summed E-state index contributed by atoms with van der Waals surface area (Å²) in [6.07, 6.45) is 1.61. The number of ether oxygens (including phenoxy) is 2. The van der Waals surface area contributed by atoms with Gasteiger partial charge in [0.15, 0.2) is 0 Å². The fraction of sp³-hybridized carbons (Fsp3) is 0.167. The first-order chi connectivity index (χ1) is 15.5. The number of pyridine rings is 1. The van der Waals surface area contributed by atoms with Gasteiger partial charge in [-0.2, -0.15) is 0 Å². The smallest absolute Gasteiger partial charge is 0.266 e. The maximum absolute atomic E-state index is 13.0. The minimum Gasteiger partial charge on any atom is -0.494 e. The number of nitrogens with one attached hydrogen (secondary N) is 1. The van der Waals surface area contributed by atoms with Crippen molar-refractivity contribution in [2.75, 3.05) is 18.6 Å². The molecule has 2 heterocycles. The van der Waals surface area contributed by atoms with Crippen LogP contribution in [0.25, 0.3) is 0 Å². The zero-order chi connectivity index (χ0) is 22.7. The Bertz CT molecular complexity index is 1170. The number of aromatic nitrogens is 1. The minimum absolute atomic E-state index is 0.197. The lowest BCUT2D eigenvalue weighted by Crippen LogP contribution is -2.29. The molecule has 8 nitrogen and oxygen atoms in total. The molecule has 162 valence electrons. The van der Waals surface area contributed by atoms with Crippen molar-refractivity contribution in [1.29, 1.82) is 0 Å². The third-order valence-corrected chi connectivity index (χ3v) is 5.01. The standard InChI is InChI=1S/C24H21N3O5/c1-3-32-18-8-6-17(7-9-18)27-23(29)19-10-5-16(12-20(19)24(27)30)22(28)26-14-15-4-11-21(31-2)25-13-15/h4-13H,3,14H2,1-2H3,(H,26,28). The molecule has 0 spiro atoms. The van der Waals surface area contributed by atoms with Gasteiger partial charge >= 0.3 is 0 Å². The number of hydrogen-bond donors (Lipinski definition) is 1. The zero-order valence-corrected chi connectivity index (χ0v) is 17.6. The number of rotatable bonds is 7. The van der Waals surface area contributed by atoms with Gasteiger partial charge in [0, 0.05) is 24.4 Å². The van der Waals surface area contributed by atoms with Crippen LogP contribution in [0.15, 0.2) is 60.8 Å². The number of amides is 3. The molecule has 0 unspecified atom stereocenters. The second-order valence-corrected chi connectivity index (χ2v) is 7.02. The Morgan fingerprint density at radius 1 is 1.00 bits per heavy atom. The SMILES string of the molecule is CCOc1ccc(N2C(=O)c3ccc(C(=O)NCc4ccc(OC)nc4)cc3C2=O)cc1. The molecule has 2 aromatic carbocycles. The van der Waals surface area contributed by atoms with Crippen molar-refractivity contribution in [2.45, 2.75) is 13.5 Å². The molecule has 32 heavy (non-hydrogen) atoms. The first-order valence-electron chi connectivity index (χ1n) is 10.0. The van der Waals surface area contributed by atoms with E-state index in [0.717, 1.165) is 10.5 Å². The van der Waals surface area contributed by atoms with E-state index in [1.807, 2.05) is 6.92 Å². The highest BCUT2D eigenvalue weighted by molar-refractivity contribution is 6.34. The van der Waals surface area contributed by atoms with Crippen molar-refractivity contribution in [3.8, 4) is 11.6 Å². The Morgan fingerprint density at radius 3 is 2.41 bits per heavy atom. The summed E-state index contributed by atoms with van der Waals surface area (Å²) in [6.45, 7) is 2.66. The number of fused-ring (bicyclic) bond motifs is 1. The highest BCUT2D eigenvalue weighted by atomic mass is 16.5. The zero-order valence-electron chi connectivity index (χ0n) is 17.6. The molecule has 1 aliphatic heterocycles. The summed E-state index contributed by atoms with van der Waals surface area (Å²) in [6, 6.07) is 14.7. The summed E-state index contributed by atoms with van der Waals surface area (Å²) in [5.41, 5.74) is 1.99. The fourth-order valence-corrected chi connectivity index (χ4v) is 3.40. The lowest BCUT2D eigenvalue weighted by molar-refractivity contribution is 0.0923. The van der Waals surface area contributed by atoms with E-state index >= 15 is 0 Å². The van der Waals surface area contributed by atoms with Crippen LogP contribution in [0.5, 0.6) is 11.6 Å². The van der Waals surface area contributed by atoms with Crippen LogP contribution in [-0.2, 0) is 6.54 Å². The quantitative estimate of drug-likeness (QED) is 0.577. The van der Waals surface area contributed by atoms with Gasteiger partial charge in [0.1, 0.15) is 5.75 Å². The summed E-state index contributed by atoms with van der Waals surface area (Å²) < 4.78 is 10.4. The van der Waals surface area contributed by atoms with Gasteiger partial charge in [-0.05, 0) is 55.0 Å². The molecule has 1 aliphatic rings. The molecule has 0 saturated carbocycles. The van der Waals surface area contributed by atoms with Crippen molar-refractivity contribution in [2.24, 2.45) is 0 Å². The van der Waals surface area contributed by atoms with Crippen molar-refractivity contribution in [1.82, 2.24) is 10.3 Å². The number of anilines is 1. The van der Waals surface area contributed by atoms with Gasteiger partial charge in [-0.25, -0.2) is 9.88 Å². The van der Waals surface area contributed by atoms with Gasteiger partial charge in [-0.3, -0.25) is 14.4 Å². The number of nitrogens with zero attached hydrogens (tertiary/aromatic N) is 2. The number of benzene rings is 2. The third kappa shape index (κ3) is 4.02. The normalized spacial score (nSPS) is 12.5. The van der Waals surface area contributed by atoms with E-state index in [-0.39, 0.29) is 23.6 Å². The molecule has 0 atom stereocenters. The first-order valence-corrected chi connectivity index (χ1v) is 10.0. The lowest BCUT2D eigenvalue weighted by atomic mass is 10.1. The third-order valence-electron chi connectivity index (χ3n) is 5.01. The molecule has 0 saturated heterocycles. The molecule has 4 rings (SSSR count). The molecule has 1 aromatic heterocycles. The topological polar surface area (TPSA) is 97.8 Å². The van der Waals surface area contributed by atoms with Gasteiger partial charge in [-0.15, -0.1) is 0 Å². The van der Waals surface area contributed by atoms with Crippen LogP contribution in [0.1, 0.15) is 43.6 Å². The second-order valence-electron chi connectivity index (χ2n) is 7.02. The maximum atomic E-state index is 13.0. The second kappa shape index (κ2) is 8.89. The van der Waals surface area contributed by atoms with Crippen LogP contribution in [-0.4, -0.2) is 36.4 Å². The van der Waals surface area contributed by atoms with E-state index < -0.39 is 11.8 Å². The summed E-state index contributed by atoms with van der Waals surface area (Å²) in [5, 5.41) is 2.79. The summed E-state index contributed by atoms with van der Waals surface area (Å²) in [5.74, 6) is -0.116. The molecular formula is C24H21N3O5. The molecule has 0 radical (unpaired) electrons. The molecule has 3 amide bonds. The highest BCUT2D eigenvalue weighted by Crippen LogP contribution is 2.30. The molecule has 0 aliphatic carbocycles. The van der Waals surface area contributed by atoms with Crippen LogP contribution in [0.4, 0.5) is 5.69 Å². The van der Waals surface area contributed by atoms with Gasteiger partial charge in [0.05, 0.1) is 30.5 Å². The van der Waals surface area contributed by atoms with Crippen molar-refractivity contribution < 1.29 is 23.9 Å². The van der Waals surface area contributed by atoms with Gasteiger partial charge in [-0.1, -0.05) is 6.07 Å². The number of imide groups is 1. The van der Waals surface area contributed by atoms with Crippen LogP contribution < -0.4 is 19.7 Å². The van der Waals surface area contributed by atoms with Crippen molar-refractivity contribution >= 4 is 23.4 Å². The van der Waals surface area contributed by atoms with E-state index in [0.29, 0.717) is 29.5 Å². The van der Waals surface area contributed by atoms with Crippen molar-refractivity contribution in [3.63, 3.8) is 0 Å². The van der Waals surface area contributed by atoms with Gasteiger partial charge in [0.2, 0.25) is 5.88 Å². The molecule has 0 bridgehead atoms. The predicted molar refractivity (Wildman–Crippen MR) is 117 cm³/mol. The van der Waals surface area contributed by atoms with Crippen LogP contribution in [0.3, 0.4) is 0 Å². The number of methoxy groups -OCH3 is 1. The molecule has 3 aromatic rings. The summed E-state index contributed by atoms with van der Waals surface area (Å²) >= 11 is 0. The Labute approximate surface area is 184 Å². The molecule has 8 heteroatoms. The van der Waals surface area contributed by atoms with Crippen molar-refractivity contribution in [3.05, 3.63) is 83.0 Å². The monoisotopic (exact) mass is 431 g/mol. The molecule has 1 N–H and O–H groups in total. The maximum Gasteiger partial charge on any atom is 0.266 e. The largest absolute Gasteiger partial charge is 0.494 e. The van der Waals surface area contributed by atoms with Crippen LogP contribution in [0.2, 0.25) is 0 Å². The number of carbonyl (C=O) groups is 3. The number of hydrogen-bond acceptors (Lipinski definition) is 6. The van der Waals surface area contributed by atoms with E-state index in [4.69, 9.17) is 9.47 Å². The average molecular weight is 431 g/mol. The first kappa shape index (κ1) is 21.0. The number of carbonyl (C=O) groups excluding carboxylic acids is 3. The average Bonchev–Trinajstić information content (AvgIpc) is 3.08. The Morgan fingerprint density at radius 2 is 1.75 bits per heavy atom. The van der Waals surface area contributed by atoms with Gasteiger partial charge in [0.25, 0.3) is 17.7 Å². The van der Waals surface area contributed by atoms with Gasteiger partial charge < -0.3 is 14.8 Å². The molecule has 0 fully saturated rings. The van der Waals surface area contributed by atoms with E-state index in [1.165, 1.54) is 25.3 Å². The summed E-state index contributed by atoms with van der Waals surface area (Å²) in [4.78, 5) is 43.6. The van der Waals surface area contributed by atoms with E-state index in [9.17, 15) is 14.4 Å². The predicted octanol–water partition coefficient (Wildman–Crippen LogP) is 3.22. The summed E-state index contributed by atoms with van der Waals surface area (Å²) in [7, 11) is 1.53. The highest BCUT2D eigenvalue weighted by Gasteiger charge is 2.37. The Kier molecular flexibility index (Phi) is 5.85. The van der Waals surface area contributed by atoms with Crippen LogP contribution in [0, 0.1) is 0 Å².